The van der Waals surface area contributed by atoms with Crippen molar-refractivity contribution < 1.29 is 4.74 Å². The number of fused-ring (bicyclic) bond motifs is 1. The third kappa shape index (κ3) is 3.18. The highest BCUT2D eigenvalue weighted by Crippen LogP contribution is 2.27. The Hall–Kier alpha value is -2.82. The lowest BCUT2D eigenvalue weighted by Gasteiger charge is -2.05. The van der Waals surface area contributed by atoms with Gasteiger partial charge in [-0.15, -0.1) is 0 Å². The molecule has 2 aromatic heterocycles. The highest BCUT2D eigenvalue weighted by atomic mass is 16.5. The van der Waals surface area contributed by atoms with Gasteiger partial charge in [-0.1, -0.05) is 11.6 Å². The predicted molar refractivity (Wildman–Crippen MR) is 93.8 cm³/mol. The van der Waals surface area contributed by atoms with Gasteiger partial charge in [-0.3, -0.25) is 0 Å². The maximum Gasteiger partial charge on any atom is 0.143 e. The Morgan fingerprint density at radius 3 is 2.74 bits per heavy atom. The van der Waals surface area contributed by atoms with E-state index in [0.717, 1.165) is 40.4 Å². The van der Waals surface area contributed by atoms with Crippen LogP contribution in [0.3, 0.4) is 0 Å². The number of aromatic nitrogens is 3. The lowest BCUT2D eigenvalue weighted by molar-refractivity contribution is 0.415. The fourth-order valence-electron chi connectivity index (χ4n) is 2.33. The molecule has 2 N–H and O–H groups in total. The van der Waals surface area contributed by atoms with Crippen molar-refractivity contribution >= 4 is 16.9 Å². The molecule has 0 fully saturated rings. The fraction of sp³-hybridized carbons (Fsp3) is 0.222. The first-order valence-electron chi connectivity index (χ1n) is 7.55. The number of H-pyrrole nitrogens is 1. The number of anilines is 1. The second-order valence-electron chi connectivity index (χ2n) is 5.38. The van der Waals surface area contributed by atoms with Gasteiger partial charge in [0.2, 0.25) is 0 Å². The van der Waals surface area contributed by atoms with Crippen LogP contribution < -0.4 is 10.1 Å². The normalized spacial score (nSPS) is 11.7. The van der Waals surface area contributed by atoms with Crippen molar-refractivity contribution in [2.24, 2.45) is 0 Å². The summed E-state index contributed by atoms with van der Waals surface area (Å²) >= 11 is 0. The highest BCUT2D eigenvalue weighted by Gasteiger charge is 2.09. The second-order valence-corrected chi connectivity index (χ2v) is 5.38. The molecule has 0 aliphatic carbocycles. The van der Waals surface area contributed by atoms with Crippen molar-refractivity contribution in [1.82, 2.24) is 15.0 Å². The molecular formula is C18H20N4O. The molecule has 1 aromatic carbocycles. The molecule has 23 heavy (non-hydrogen) atoms. The molecule has 118 valence electrons. The molecule has 3 rings (SSSR count). The zero-order valence-corrected chi connectivity index (χ0v) is 13.6. The summed E-state index contributed by atoms with van der Waals surface area (Å²) in [5.74, 6) is 1.68. The molecule has 2 heterocycles. The SMILES string of the molecule is C/C=C(\C)CNc1ncnc2[nH]c(-c3ccc(OC)cc3)cc12. The molecule has 0 saturated heterocycles. The van der Waals surface area contributed by atoms with Gasteiger partial charge in [0.1, 0.15) is 23.5 Å². The molecular weight excluding hydrogens is 288 g/mol. The molecule has 5 heteroatoms. The minimum Gasteiger partial charge on any atom is -0.497 e. The molecule has 0 amide bonds. The first kappa shape index (κ1) is 15.1. The molecule has 0 bridgehead atoms. The second kappa shape index (κ2) is 6.52. The van der Waals surface area contributed by atoms with E-state index in [1.54, 1.807) is 13.4 Å². The van der Waals surface area contributed by atoms with E-state index in [1.165, 1.54) is 5.57 Å². The van der Waals surface area contributed by atoms with Crippen LogP contribution >= 0.6 is 0 Å². The molecule has 0 aliphatic rings. The number of nitrogens with one attached hydrogen (secondary N) is 2. The van der Waals surface area contributed by atoms with Crippen LogP contribution in [0, 0.1) is 0 Å². The Kier molecular flexibility index (Phi) is 4.28. The molecule has 0 aliphatic heterocycles. The van der Waals surface area contributed by atoms with E-state index in [4.69, 9.17) is 4.74 Å². The summed E-state index contributed by atoms with van der Waals surface area (Å²) in [6.45, 7) is 4.89. The van der Waals surface area contributed by atoms with Crippen LogP contribution in [0.2, 0.25) is 0 Å². The Morgan fingerprint density at radius 2 is 2.04 bits per heavy atom. The predicted octanol–water partition coefficient (Wildman–Crippen LogP) is 4.01. The van der Waals surface area contributed by atoms with Gasteiger partial charge in [0.05, 0.1) is 12.5 Å². The number of methoxy groups -OCH3 is 1. The average molecular weight is 308 g/mol. The van der Waals surface area contributed by atoms with Gasteiger partial charge < -0.3 is 15.0 Å². The van der Waals surface area contributed by atoms with Crippen molar-refractivity contribution in [2.45, 2.75) is 13.8 Å². The maximum atomic E-state index is 5.20. The third-order valence-electron chi connectivity index (χ3n) is 3.85. The van der Waals surface area contributed by atoms with Crippen LogP contribution in [0.4, 0.5) is 5.82 Å². The van der Waals surface area contributed by atoms with Gasteiger partial charge >= 0.3 is 0 Å². The number of aromatic amines is 1. The highest BCUT2D eigenvalue weighted by molar-refractivity contribution is 5.91. The Morgan fingerprint density at radius 1 is 1.26 bits per heavy atom. The number of allylic oxidation sites excluding steroid dienone is 1. The van der Waals surface area contributed by atoms with E-state index in [-0.39, 0.29) is 0 Å². The smallest absolute Gasteiger partial charge is 0.143 e. The molecule has 0 saturated carbocycles. The maximum absolute atomic E-state index is 5.20. The Bertz CT molecular complexity index is 834. The van der Waals surface area contributed by atoms with Gasteiger partial charge in [0.15, 0.2) is 0 Å². The van der Waals surface area contributed by atoms with E-state index >= 15 is 0 Å². The fourth-order valence-corrected chi connectivity index (χ4v) is 2.33. The molecule has 0 radical (unpaired) electrons. The number of benzene rings is 1. The van der Waals surface area contributed by atoms with E-state index in [1.807, 2.05) is 31.2 Å². The summed E-state index contributed by atoms with van der Waals surface area (Å²) in [6, 6.07) is 10.0. The quantitative estimate of drug-likeness (QED) is 0.699. The number of rotatable bonds is 5. The Balaban J connectivity index is 1.94. The van der Waals surface area contributed by atoms with Gasteiger partial charge in [-0.05, 0) is 49.7 Å². The zero-order chi connectivity index (χ0) is 16.2. The van der Waals surface area contributed by atoms with Crippen molar-refractivity contribution in [3.63, 3.8) is 0 Å². The summed E-state index contributed by atoms with van der Waals surface area (Å²) in [7, 11) is 1.66. The lowest BCUT2D eigenvalue weighted by Crippen LogP contribution is -2.04. The van der Waals surface area contributed by atoms with Gasteiger partial charge in [-0.25, -0.2) is 9.97 Å². The minimum absolute atomic E-state index is 0.770. The summed E-state index contributed by atoms with van der Waals surface area (Å²) in [5, 5.41) is 4.35. The number of nitrogens with zero attached hydrogens (tertiary/aromatic N) is 2. The number of hydrogen-bond acceptors (Lipinski definition) is 4. The van der Waals surface area contributed by atoms with E-state index < -0.39 is 0 Å². The average Bonchev–Trinajstić information content (AvgIpc) is 3.04. The summed E-state index contributed by atoms with van der Waals surface area (Å²) < 4.78 is 5.20. The zero-order valence-electron chi connectivity index (χ0n) is 13.6. The van der Waals surface area contributed by atoms with Crippen molar-refractivity contribution in [3.05, 3.63) is 48.3 Å². The van der Waals surface area contributed by atoms with Crippen LogP contribution in [0.15, 0.2) is 48.3 Å². The summed E-state index contributed by atoms with van der Waals surface area (Å²) in [4.78, 5) is 12.0. The molecule has 0 spiro atoms. The molecule has 0 atom stereocenters. The minimum atomic E-state index is 0.770. The van der Waals surface area contributed by atoms with Crippen molar-refractivity contribution in [1.29, 1.82) is 0 Å². The molecule has 5 nitrogen and oxygen atoms in total. The first-order chi connectivity index (χ1) is 11.2. The van der Waals surface area contributed by atoms with Gasteiger partial charge in [0.25, 0.3) is 0 Å². The summed E-state index contributed by atoms with van der Waals surface area (Å²) in [6.07, 6.45) is 3.66. The van der Waals surface area contributed by atoms with Crippen molar-refractivity contribution in [3.8, 4) is 17.0 Å². The largest absolute Gasteiger partial charge is 0.497 e. The van der Waals surface area contributed by atoms with E-state index in [9.17, 15) is 0 Å². The van der Waals surface area contributed by atoms with Crippen LogP contribution in [-0.4, -0.2) is 28.6 Å². The van der Waals surface area contributed by atoms with Crippen LogP contribution in [0.25, 0.3) is 22.3 Å². The van der Waals surface area contributed by atoms with Crippen molar-refractivity contribution in [2.75, 3.05) is 19.0 Å². The Labute approximate surface area is 135 Å². The van der Waals surface area contributed by atoms with E-state index in [2.05, 4.69) is 39.3 Å². The summed E-state index contributed by atoms with van der Waals surface area (Å²) in [5.41, 5.74) is 4.18. The van der Waals surface area contributed by atoms with Gasteiger partial charge in [0, 0.05) is 12.2 Å². The van der Waals surface area contributed by atoms with Crippen LogP contribution in [-0.2, 0) is 0 Å². The third-order valence-corrected chi connectivity index (χ3v) is 3.85. The molecule has 0 unspecified atom stereocenters. The monoisotopic (exact) mass is 308 g/mol. The lowest BCUT2D eigenvalue weighted by atomic mass is 10.1. The number of hydrogen-bond donors (Lipinski definition) is 2. The number of ether oxygens (including phenoxy) is 1. The van der Waals surface area contributed by atoms with Crippen LogP contribution in [0.1, 0.15) is 13.8 Å². The standard InChI is InChI=1S/C18H20N4O/c1-4-12(2)10-19-17-15-9-16(22-18(15)21-11-20-17)13-5-7-14(23-3)8-6-13/h4-9,11H,10H2,1-3H3,(H2,19,20,21,22)/b12-4+. The van der Waals surface area contributed by atoms with Gasteiger partial charge in [-0.2, -0.15) is 0 Å². The molecule has 3 aromatic rings. The first-order valence-corrected chi connectivity index (χ1v) is 7.55. The van der Waals surface area contributed by atoms with E-state index in [0.29, 0.717) is 0 Å². The van der Waals surface area contributed by atoms with Crippen LogP contribution in [0.5, 0.6) is 5.75 Å². The topological polar surface area (TPSA) is 62.8 Å².